The first kappa shape index (κ1) is 19.4. The second kappa shape index (κ2) is 7.59. The van der Waals surface area contributed by atoms with Gasteiger partial charge >= 0.3 is 5.97 Å². The van der Waals surface area contributed by atoms with Crippen molar-refractivity contribution < 1.29 is 23.5 Å². The maximum atomic E-state index is 13.6. The van der Waals surface area contributed by atoms with Crippen LogP contribution in [0, 0.1) is 0 Å². The molecule has 0 saturated carbocycles. The second-order valence-corrected chi connectivity index (χ2v) is 7.93. The smallest absolute Gasteiger partial charge is 0.342 e. The number of benzene rings is 3. The summed E-state index contributed by atoms with van der Waals surface area (Å²) >= 11 is 3.43. The Labute approximate surface area is 186 Å². The molecule has 6 nitrogen and oxygen atoms in total. The Bertz CT molecular complexity index is 1310. The van der Waals surface area contributed by atoms with E-state index in [0.717, 1.165) is 9.86 Å². The summed E-state index contributed by atoms with van der Waals surface area (Å²) < 4.78 is 17.6. The number of nitrogens with zero attached hydrogens (tertiary/aromatic N) is 1. The molecule has 0 unspecified atom stereocenters. The predicted molar refractivity (Wildman–Crippen MR) is 118 cm³/mol. The molecule has 5 rings (SSSR count). The minimum absolute atomic E-state index is 0.152. The summed E-state index contributed by atoms with van der Waals surface area (Å²) in [6, 6.07) is 21.1. The van der Waals surface area contributed by atoms with Crippen molar-refractivity contribution in [3.05, 3.63) is 94.2 Å². The number of carbonyl (C=O) groups excluding carboxylic acids is 2. The number of esters is 1. The van der Waals surface area contributed by atoms with Crippen LogP contribution >= 0.6 is 15.9 Å². The maximum absolute atomic E-state index is 13.6. The van der Waals surface area contributed by atoms with Gasteiger partial charge in [0.05, 0.1) is 18.4 Å². The molecule has 1 aliphatic rings. The van der Waals surface area contributed by atoms with Crippen molar-refractivity contribution in [2.75, 3.05) is 12.0 Å². The molecule has 0 N–H and O–H groups in total. The number of furan rings is 1. The first-order valence-electron chi connectivity index (χ1n) is 9.52. The number of ether oxygens (including phenoxy) is 2. The molecule has 1 amide bonds. The number of halogens is 1. The fraction of sp³-hybridized carbons (Fsp3) is 0.0833. The van der Waals surface area contributed by atoms with Gasteiger partial charge in [0, 0.05) is 15.4 Å². The van der Waals surface area contributed by atoms with Crippen molar-refractivity contribution in [2.24, 2.45) is 0 Å². The lowest BCUT2D eigenvalue weighted by Gasteiger charge is -2.35. The second-order valence-electron chi connectivity index (χ2n) is 7.02. The van der Waals surface area contributed by atoms with Gasteiger partial charge in [-0.3, -0.25) is 9.69 Å². The summed E-state index contributed by atoms with van der Waals surface area (Å²) in [5, 5.41) is 0.793. The minimum Gasteiger partial charge on any atom is -0.497 e. The molecule has 1 atom stereocenters. The highest BCUT2D eigenvalue weighted by Gasteiger charge is 2.39. The number of carbonyl (C=O) groups is 2. The first-order chi connectivity index (χ1) is 15.0. The zero-order valence-corrected chi connectivity index (χ0v) is 18.0. The van der Waals surface area contributed by atoms with Gasteiger partial charge in [0.2, 0.25) is 6.23 Å². The molecular weight excluding hydrogens is 462 g/mol. The van der Waals surface area contributed by atoms with E-state index in [0.29, 0.717) is 28.1 Å². The van der Waals surface area contributed by atoms with Crippen molar-refractivity contribution in [2.45, 2.75) is 6.23 Å². The van der Waals surface area contributed by atoms with Crippen LogP contribution in [0.2, 0.25) is 0 Å². The number of cyclic esters (lactones) is 1. The van der Waals surface area contributed by atoms with E-state index in [-0.39, 0.29) is 5.76 Å². The fourth-order valence-electron chi connectivity index (χ4n) is 3.64. The topological polar surface area (TPSA) is 69.0 Å². The van der Waals surface area contributed by atoms with Crippen LogP contribution in [0.5, 0.6) is 5.75 Å². The van der Waals surface area contributed by atoms with Gasteiger partial charge in [-0.25, -0.2) is 4.79 Å². The normalized spacial score (nSPS) is 15.5. The van der Waals surface area contributed by atoms with Gasteiger partial charge in [0.15, 0.2) is 5.76 Å². The molecule has 0 fully saturated rings. The van der Waals surface area contributed by atoms with E-state index in [1.807, 2.05) is 12.1 Å². The van der Waals surface area contributed by atoms with Crippen LogP contribution in [0.25, 0.3) is 11.0 Å². The van der Waals surface area contributed by atoms with Crippen LogP contribution < -0.4 is 9.64 Å². The quantitative estimate of drug-likeness (QED) is 0.353. The van der Waals surface area contributed by atoms with Crippen LogP contribution in [0.4, 0.5) is 5.69 Å². The molecular formula is C24H16BrNO5. The summed E-state index contributed by atoms with van der Waals surface area (Å²) in [7, 11) is 1.57. The fourth-order valence-corrected chi connectivity index (χ4v) is 4.02. The highest BCUT2D eigenvalue weighted by molar-refractivity contribution is 9.10. The summed E-state index contributed by atoms with van der Waals surface area (Å²) in [6.45, 7) is 0. The van der Waals surface area contributed by atoms with Gasteiger partial charge in [-0.1, -0.05) is 28.1 Å². The van der Waals surface area contributed by atoms with Gasteiger partial charge in [-0.2, -0.15) is 0 Å². The molecule has 3 aromatic carbocycles. The third kappa shape index (κ3) is 3.37. The number of hydrogen-bond donors (Lipinski definition) is 0. The van der Waals surface area contributed by atoms with Gasteiger partial charge in [-0.05, 0) is 60.7 Å². The van der Waals surface area contributed by atoms with Crippen molar-refractivity contribution >= 4 is 44.5 Å². The Kier molecular flexibility index (Phi) is 4.75. The zero-order valence-electron chi connectivity index (χ0n) is 16.4. The van der Waals surface area contributed by atoms with Crippen molar-refractivity contribution in [1.82, 2.24) is 0 Å². The Morgan fingerprint density at radius 2 is 1.81 bits per heavy atom. The Balaban J connectivity index is 1.63. The third-order valence-electron chi connectivity index (χ3n) is 5.15. The lowest BCUT2D eigenvalue weighted by Crippen LogP contribution is -2.41. The number of methoxy groups -OCH3 is 1. The number of para-hydroxylation sites is 1. The summed E-state index contributed by atoms with van der Waals surface area (Å²) in [5.74, 6) is -0.0894. The number of hydrogen-bond acceptors (Lipinski definition) is 5. The molecule has 0 aliphatic carbocycles. The zero-order chi connectivity index (χ0) is 21.5. The van der Waals surface area contributed by atoms with E-state index in [2.05, 4.69) is 15.9 Å². The molecule has 0 spiro atoms. The summed E-state index contributed by atoms with van der Waals surface area (Å²) in [6.07, 6.45) is -0.944. The lowest BCUT2D eigenvalue weighted by molar-refractivity contribution is 0.0246. The number of fused-ring (bicyclic) bond motifs is 2. The number of amides is 1. The third-order valence-corrected chi connectivity index (χ3v) is 5.64. The van der Waals surface area contributed by atoms with Crippen LogP contribution in [0.15, 0.2) is 81.7 Å². The SMILES string of the molecule is COc1ccc([C@H]2OC(=O)c3ccccc3N2C(=O)c2cc3cc(Br)ccc3o2)cc1. The van der Waals surface area contributed by atoms with Crippen molar-refractivity contribution in [3.8, 4) is 5.75 Å². The van der Waals surface area contributed by atoms with Gasteiger partial charge < -0.3 is 13.9 Å². The average molecular weight is 478 g/mol. The molecule has 2 heterocycles. The van der Waals surface area contributed by atoms with E-state index in [1.54, 1.807) is 67.8 Å². The molecule has 1 aromatic heterocycles. The molecule has 0 saturated heterocycles. The van der Waals surface area contributed by atoms with E-state index < -0.39 is 18.1 Å². The van der Waals surface area contributed by atoms with Crippen LogP contribution in [-0.2, 0) is 4.74 Å². The van der Waals surface area contributed by atoms with Gasteiger partial charge in [0.25, 0.3) is 5.91 Å². The molecule has 154 valence electrons. The lowest BCUT2D eigenvalue weighted by atomic mass is 10.1. The average Bonchev–Trinajstić information content (AvgIpc) is 3.22. The standard InChI is InChI=1S/C24H16BrNO5/c1-29-17-9-6-14(7-10-17)23-26(19-5-3-2-4-18(19)24(28)31-23)22(27)21-13-15-12-16(25)8-11-20(15)30-21/h2-13,23H,1H3/t23-/m1/s1. The minimum atomic E-state index is -0.944. The maximum Gasteiger partial charge on any atom is 0.342 e. The Morgan fingerprint density at radius 1 is 1.03 bits per heavy atom. The summed E-state index contributed by atoms with van der Waals surface area (Å²) in [5.41, 5.74) is 2.01. The highest BCUT2D eigenvalue weighted by atomic mass is 79.9. The monoisotopic (exact) mass is 477 g/mol. The molecule has 31 heavy (non-hydrogen) atoms. The molecule has 0 radical (unpaired) electrons. The van der Waals surface area contributed by atoms with Crippen molar-refractivity contribution in [3.63, 3.8) is 0 Å². The predicted octanol–water partition coefficient (Wildman–Crippen LogP) is 5.72. The molecule has 0 bridgehead atoms. The largest absolute Gasteiger partial charge is 0.497 e. The molecule has 7 heteroatoms. The van der Waals surface area contributed by atoms with Crippen molar-refractivity contribution in [1.29, 1.82) is 0 Å². The van der Waals surface area contributed by atoms with Gasteiger partial charge in [0.1, 0.15) is 11.3 Å². The van der Waals surface area contributed by atoms with Gasteiger partial charge in [-0.15, -0.1) is 0 Å². The van der Waals surface area contributed by atoms with Crippen LogP contribution in [0.3, 0.4) is 0 Å². The molecule has 4 aromatic rings. The number of anilines is 1. The first-order valence-corrected chi connectivity index (χ1v) is 10.3. The van der Waals surface area contributed by atoms with E-state index in [1.165, 1.54) is 4.90 Å². The Morgan fingerprint density at radius 3 is 2.58 bits per heavy atom. The summed E-state index contributed by atoms with van der Waals surface area (Å²) in [4.78, 5) is 27.7. The Hall–Kier alpha value is -3.58. The van der Waals surface area contributed by atoms with Crippen LogP contribution in [-0.4, -0.2) is 19.0 Å². The van der Waals surface area contributed by atoms with E-state index in [9.17, 15) is 9.59 Å². The van der Waals surface area contributed by atoms with E-state index >= 15 is 0 Å². The molecule has 1 aliphatic heterocycles. The van der Waals surface area contributed by atoms with E-state index in [4.69, 9.17) is 13.9 Å². The highest BCUT2D eigenvalue weighted by Crippen LogP contribution is 2.39. The van der Waals surface area contributed by atoms with Crippen LogP contribution in [0.1, 0.15) is 32.7 Å². The number of rotatable bonds is 3.